The summed E-state index contributed by atoms with van der Waals surface area (Å²) in [5.41, 5.74) is 5.00. The molecule has 3 N–H and O–H groups in total. The first kappa shape index (κ1) is 7.30. The fourth-order valence-corrected chi connectivity index (χ4v) is 0.787. The summed E-state index contributed by atoms with van der Waals surface area (Å²) in [4.78, 5) is 11.9. The average molecular weight is 145 g/mol. The summed E-state index contributed by atoms with van der Waals surface area (Å²) >= 11 is 0. The van der Waals surface area contributed by atoms with E-state index in [1.807, 2.05) is 0 Å². The molecule has 0 radical (unpaired) electrons. The van der Waals surface area contributed by atoms with Gasteiger partial charge >= 0.3 is 6.03 Å². The number of nitrogens with zero attached hydrogens (tertiary/aromatic N) is 1. The zero-order valence-corrected chi connectivity index (χ0v) is 5.83. The standard InChI is InChI=1S/C5H11N3O2/c1-8(5(6)9)4-2-7-3-10-4/h4,7H,2-3H2,1H3,(H2,6,9). The Morgan fingerprint density at radius 2 is 2.60 bits per heavy atom. The van der Waals surface area contributed by atoms with Gasteiger partial charge < -0.3 is 15.4 Å². The molecule has 5 heteroatoms. The molecular formula is C5H11N3O2. The summed E-state index contributed by atoms with van der Waals surface area (Å²) in [5, 5.41) is 2.94. The number of urea groups is 1. The van der Waals surface area contributed by atoms with Crippen molar-refractivity contribution < 1.29 is 9.53 Å². The van der Waals surface area contributed by atoms with Gasteiger partial charge in [0.25, 0.3) is 0 Å². The van der Waals surface area contributed by atoms with Gasteiger partial charge in [0.2, 0.25) is 0 Å². The zero-order valence-electron chi connectivity index (χ0n) is 5.83. The van der Waals surface area contributed by atoms with Crippen LogP contribution in [0.25, 0.3) is 0 Å². The highest BCUT2D eigenvalue weighted by atomic mass is 16.5. The largest absolute Gasteiger partial charge is 0.351 e. The summed E-state index contributed by atoms with van der Waals surface area (Å²) < 4.78 is 5.09. The van der Waals surface area contributed by atoms with E-state index < -0.39 is 6.03 Å². The fourth-order valence-electron chi connectivity index (χ4n) is 0.787. The second-order valence-corrected chi connectivity index (χ2v) is 2.17. The van der Waals surface area contributed by atoms with Crippen LogP contribution in [0.2, 0.25) is 0 Å². The first-order chi connectivity index (χ1) is 4.72. The molecule has 1 atom stereocenters. The van der Waals surface area contributed by atoms with Crippen LogP contribution < -0.4 is 11.1 Å². The van der Waals surface area contributed by atoms with Crippen LogP contribution in [0.3, 0.4) is 0 Å². The molecule has 1 saturated heterocycles. The number of carbonyl (C=O) groups excluding carboxylic acids is 1. The number of carbonyl (C=O) groups is 1. The lowest BCUT2D eigenvalue weighted by Crippen LogP contribution is -2.42. The summed E-state index contributed by atoms with van der Waals surface area (Å²) in [6.45, 7) is 1.14. The van der Waals surface area contributed by atoms with Crippen molar-refractivity contribution in [1.82, 2.24) is 10.2 Å². The molecule has 0 aromatic heterocycles. The first-order valence-electron chi connectivity index (χ1n) is 3.06. The highest BCUT2D eigenvalue weighted by molar-refractivity contribution is 5.71. The van der Waals surface area contributed by atoms with Crippen LogP contribution in [0.5, 0.6) is 0 Å². The first-order valence-corrected chi connectivity index (χ1v) is 3.06. The van der Waals surface area contributed by atoms with Crippen molar-refractivity contribution in [3.05, 3.63) is 0 Å². The number of hydrogen-bond acceptors (Lipinski definition) is 3. The predicted molar refractivity (Wildman–Crippen MR) is 35.1 cm³/mol. The summed E-state index contributed by atoms with van der Waals surface area (Å²) in [5.74, 6) is 0. The molecule has 0 aromatic rings. The number of likely N-dealkylation sites (N-methyl/N-ethyl adjacent to an activating group) is 1. The molecule has 0 aliphatic carbocycles. The Morgan fingerprint density at radius 1 is 1.90 bits per heavy atom. The van der Waals surface area contributed by atoms with Gasteiger partial charge in [0.15, 0.2) is 0 Å². The van der Waals surface area contributed by atoms with Gasteiger partial charge in [0.05, 0.1) is 6.73 Å². The average Bonchev–Trinajstić information content (AvgIpc) is 2.36. The van der Waals surface area contributed by atoms with Gasteiger partial charge in [-0.2, -0.15) is 0 Å². The lowest BCUT2D eigenvalue weighted by atomic mass is 10.5. The fraction of sp³-hybridized carbons (Fsp3) is 0.800. The van der Waals surface area contributed by atoms with Crippen molar-refractivity contribution in [3.63, 3.8) is 0 Å². The minimum absolute atomic E-state index is 0.197. The van der Waals surface area contributed by atoms with E-state index in [1.54, 1.807) is 7.05 Å². The van der Waals surface area contributed by atoms with Crippen molar-refractivity contribution in [3.8, 4) is 0 Å². The topological polar surface area (TPSA) is 67.6 Å². The maximum Gasteiger partial charge on any atom is 0.316 e. The Morgan fingerprint density at radius 3 is 3.00 bits per heavy atom. The van der Waals surface area contributed by atoms with Crippen LogP contribution >= 0.6 is 0 Å². The maximum atomic E-state index is 10.5. The van der Waals surface area contributed by atoms with Gasteiger partial charge in [-0.1, -0.05) is 0 Å². The Hall–Kier alpha value is -0.810. The minimum atomic E-state index is -0.464. The summed E-state index contributed by atoms with van der Waals surface area (Å²) in [7, 11) is 1.61. The number of hydrogen-bond donors (Lipinski definition) is 2. The number of nitrogens with one attached hydrogen (secondary N) is 1. The van der Waals surface area contributed by atoms with Crippen LogP contribution in [0.4, 0.5) is 4.79 Å². The third-order valence-electron chi connectivity index (χ3n) is 1.48. The van der Waals surface area contributed by atoms with E-state index in [-0.39, 0.29) is 6.23 Å². The molecule has 0 aromatic carbocycles. The Labute approximate surface area is 59.1 Å². The number of ether oxygens (including phenoxy) is 1. The van der Waals surface area contributed by atoms with Gasteiger partial charge in [0, 0.05) is 13.6 Å². The van der Waals surface area contributed by atoms with Gasteiger partial charge in [-0.15, -0.1) is 0 Å². The molecule has 1 heterocycles. The van der Waals surface area contributed by atoms with Crippen molar-refractivity contribution >= 4 is 6.03 Å². The Balaban J connectivity index is 2.39. The number of amides is 2. The zero-order chi connectivity index (χ0) is 7.56. The van der Waals surface area contributed by atoms with E-state index >= 15 is 0 Å². The van der Waals surface area contributed by atoms with Gasteiger partial charge in [-0.05, 0) is 0 Å². The van der Waals surface area contributed by atoms with Crippen LogP contribution in [0.15, 0.2) is 0 Å². The predicted octanol–water partition coefficient (Wildman–Crippen LogP) is -1.10. The van der Waals surface area contributed by atoms with Crippen molar-refractivity contribution in [2.75, 3.05) is 20.3 Å². The van der Waals surface area contributed by atoms with E-state index in [9.17, 15) is 4.79 Å². The normalized spacial score (nSPS) is 24.7. The van der Waals surface area contributed by atoms with E-state index in [2.05, 4.69) is 5.32 Å². The lowest BCUT2D eigenvalue weighted by molar-refractivity contribution is 0.0244. The smallest absolute Gasteiger partial charge is 0.316 e. The van der Waals surface area contributed by atoms with E-state index in [0.29, 0.717) is 13.3 Å². The molecule has 0 bridgehead atoms. The number of nitrogens with two attached hydrogens (primary N) is 1. The molecule has 1 aliphatic heterocycles. The Kier molecular flexibility index (Phi) is 2.08. The lowest BCUT2D eigenvalue weighted by Gasteiger charge is -2.19. The van der Waals surface area contributed by atoms with E-state index in [0.717, 1.165) is 0 Å². The van der Waals surface area contributed by atoms with E-state index in [4.69, 9.17) is 10.5 Å². The molecule has 2 amide bonds. The van der Waals surface area contributed by atoms with Crippen LogP contribution in [0.1, 0.15) is 0 Å². The summed E-state index contributed by atoms with van der Waals surface area (Å²) in [6.07, 6.45) is -0.197. The molecule has 1 rings (SSSR count). The van der Waals surface area contributed by atoms with Crippen molar-refractivity contribution in [2.45, 2.75) is 6.23 Å². The van der Waals surface area contributed by atoms with Gasteiger partial charge in [-0.3, -0.25) is 5.32 Å². The second-order valence-electron chi connectivity index (χ2n) is 2.17. The Bertz CT molecular complexity index is 133. The summed E-state index contributed by atoms with van der Waals surface area (Å²) in [6, 6.07) is -0.464. The quantitative estimate of drug-likeness (QED) is 0.492. The van der Waals surface area contributed by atoms with Gasteiger partial charge in [0.1, 0.15) is 6.23 Å². The molecule has 1 unspecified atom stereocenters. The van der Waals surface area contributed by atoms with Crippen molar-refractivity contribution in [2.24, 2.45) is 5.73 Å². The molecule has 1 fully saturated rings. The van der Waals surface area contributed by atoms with Gasteiger partial charge in [-0.25, -0.2) is 4.79 Å². The minimum Gasteiger partial charge on any atom is -0.351 e. The third-order valence-corrected chi connectivity index (χ3v) is 1.48. The SMILES string of the molecule is CN(C(N)=O)C1CNCO1. The monoisotopic (exact) mass is 145 g/mol. The molecule has 10 heavy (non-hydrogen) atoms. The van der Waals surface area contributed by atoms with E-state index in [1.165, 1.54) is 4.90 Å². The number of primary amides is 1. The molecule has 1 aliphatic rings. The molecule has 5 nitrogen and oxygen atoms in total. The maximum absolute atomic E-state index is 10.5. The highest BCUT2D eigenvalue weighted by Gasteiger charge is 2.21. The second kappa shape index (κ2) is 2.85. The third kappa shape index (κ3) is 1.37. The molecule has 0 spiro atoms. The highest BCUT2D eigenvalue weighted by Crippen LogP contribution is 2.00. The molecule has 0 saturated carbocycles. The van der Waals surface area contributed by atoms with Crippen LogP contribution in [0, 0.1) is 0 Å². The molecular weight excluding hydrogens is 134 g/mol. The van der Waals surface area contributed by atoms with Crippen molar-refractivity contribution in [1.29, 1.82) is 0 Å². The molecule has 58 valence electrons. The van der Waals surface area contributed by atoms with Crippen LogP contribution in [-0.2, 0) is 4.74 Å². The number of rotatable bonds is 1. The van der Waals surface area contributed by atoms with Crippen LogP contribution in [-0.4, -0.2) is 37.5 Å².